The molecule has 3 aromatic heterocycles. The van der Waals surface area contributed by atoms with E-state index in [0.29, 0.717) is 12.5 Å². The first-order chi connectivity index (χ1) is 17.1. The molecule has 1 saturated heterocycles. The van der Waals surface area contributed by atoms with Crippen LogP contribution in [-0.2, 0) is 18.3 Å². The van der Waals surface area contributed by atoms with Crippen molar-refractivity contribution in [2.24, 2.45) is 7.05 Å². The summed E-state index contributed by atoms with van der Waals surface area (Å²) in [6, 6.07) is 6.58. The van der Waals surface area contributed by atoms with Crippen LogP contribution in [0.15, 0.2) is 24.4 Å². The van der Waals surface area contributed by atoms with Gasteiger partial charge >= 0.3 is 0 Å². The largest absolute Gasteiger partial charge is 0.475 e. The van der Waals surface area contributed by atoms with Gasteiger partial charge in [-0.1, -0.05) is 6.07 Å². The van der Waals surface area contributed by atoms with Crippen molar-refractivity contribution < 1.29 is 9.47 Å². The number of aromatic nitrogens is 6. The molecule has 2 aliphatic rings. The molecule has 35 heavy (non-hydrogen) atoms. The van der Waals surface area contributed by atoms with Gasteiger partial charge in [0.05, 0.1) is 28.7 Å². The topological polar surface area (TPSA) is 86.0 Å². The van der Waals surface area contributed by atoms with Crippen molar-refractivity contribution in [3.05, 3.63) is 47.0 Å². The fraction of sp³-hybridized carbons (Fsp3) is 0.423. The van der Waals surface area contributed by atoms with Crippen LogP contribution < -0.4 is 4.74 Å². The van der Waals surface area contributed by atoms with Gasteiger partial charge in [0.1, 0.15) is 6.61 Å². The van der Waals surface area contributed by atoms with E-state index in [4.69, 9.17) is 14.6 Å². The Kier molecular flexibility index (Phi) is 5.66. The third kappa shape index (κ3) is 4.04. The van der Waals surface area contributed by atoms with Gasteiger partial charge in [0.15, 0.2) is 6.23 Å². The number of hydrogen-bond acceptors (Lipinski definition) is 6. The Hall–Kier alpha value is -3.43. The molecule has 1 N–H and O–H groups in total. The highest BCUT2D eigenvalue weighted by Crippen LogP contribution is 2.34. The van der Waals surface area contributed by atoms with E-state index in [1.807, 2.05) is 30.9 Å². The van der Waals surface area contributed by atoms with E-state index in [9.17, 15) is 0 Å². The molecule has 0 amide bonds. The van der Waals surface area contributed by atoms with E-state index in [1.54, 1.807) is 0 Å². The molecule has 9 nitrogen and oxygen atoms in total. The summed E-state index contributed by atoms with van der Waals surface area (Å²) in [5, 5.41) is 18.1. The zero-order valence-corrected chi connectivity index (χ0v) is 20.5. The molecule has 1 atom stereocenters. The summed E-state index contributed by atoms with van der Waals surface area (Å²) in [7, 11) is 4.10. The number of aryl methyl sites for hydroxylation is 2. The second-order valence-corrected chi connectivity index (χ2v) is 9.50. The number of benzene rings is 1. The van der Waals surface area contributed by atoms with Gasteiger partial charge in [0.25, 0.3) is 0 Å². The van der Waals surface area contributed by atoms with Crippen LogP contribution in [0.4, 0.5) is 0 Å². The van der Waals surface area contributed by atoms with Crippen LogP contribution in [0.3, 0.4) is 0 Å². The average Bonchev–Trinajstić information content (AvgIpc) is 3.53. The average molecular weight is 474 g/mol. The lowest BCUT2D eigenvalue weighted by atomic mass is 10.0. The number of nitrogens with zero attached hydrogens (tertiary/aromatic N) is 6. The summed E-state index contributed by atoms with van der Waals surface area (Å²) in [5.41, 5.74) is 7.33. The van der Waals surface area contributed by atoms with Crippen LogP contribution in [0.2, 0.25) is 0 Å². The van der Waals surface area contributed by atoms with Gasteiger partial charge in [-0.15, -0.1) is 5.10 Å². The molecule has 0 saturated carbocycles. The van der Waals surface area contributed by atoms with Crippen LogP contribution >= 0.6 is 0 Å². The van der Waals surface area contributed by atoms with E-state index in [0.717, 1.165) is 83.6 Å². The first-order valence-electron chi connectivity index (χ1n) is 12.3. The first kappa shape index (κ1) is 22.1. The number of hydrogen-bond donors (Lipinski definition) is 1. The molecule has 1 aromatic carbocycles. The van der Waals surface area contributed by atoms with Crippen molar-refractivity contribution in [1.82, 2.24) is 34.7 Å². The van der Waals surface area contributed by atoms with E-state index < -0.39 is 0 Å². The minimum Gasteiger partial charge on any atom is -0.475 e. The van der Waals surface area contributed by atoms with Gasteiger partial charge in [-0.05, 0) is 63.1 Å². The van der Waals surface area contributed by atoms with E-state index in [1.165, 1.54) is 0 Å². The molecule has 0 spiro atoms. The zero-order valence-electron chi connectivity index (χ0n) is 20.5. The molecule has 0 aliphatic carbocycles. The summed E-state index contributed by atoms with van der Waals surface area (Å²) in [4.78, 5) is 2.25. The lowest BCUT2D eigenvalue weighted by Gasteiger charge is -2.23. The summed E-state index contributed by atoms with van der Waals surface area (Å²) < 4.78 is 16.2. The highest BCUT2D eigenvalue weighted by atomic mass is 16.5. The van der Waals surface area contributed by atoms with Crippen LogP contribution in [0.1, 0.15) is 48.1 Å². The summed E-state index contributed by atoms with van der Waals surface area (Å²) in [6.07, 6.45) is 9.26. The number of rotatable bonds is 1. The standard InChI is InChI=1S/C26H31N7O2/c1-17-19-8-9-22-20-14-18(7-10-23(20)33(30-22)25-6-4-5-12-34-25)21-15-27-32(3)24(21)16-31(2)11-13-35-26(19)29-28-17/h7-10,14-15,25H,4-6,11-13,16H2,1-3H3,(H,28,29)/b9-8-. The Labute approximate surface area is 204 Å². The molecule has 4 aromatic rings. The summed E-state index contributed by atoms with van der Waals surface area (Å²) >= 11 is 0. The normalized spacial score (nSPS) is 20.1. The van der Waals surface area contributed by atoms with E-state index in [2.05, 4.69) is 56.2 Å². The summed E-state index contributed by atoms with van der Waals surface area (Å²) in [6.45, 7) is 4.86. The zero-order chi connectivity index (χ0) is 23.9. The Balaban J connectivity index is 1.54. The third-order valence-electron chi connectivity index (χ3n) is 7.03. The maximum absolute atomic E-state index is 6.10. The smallest absolute Gasteiger partial charge is 0.240 e. The number of fused-ring (bicyclic) bond motifs is 4. The number of aromatic amines is 1. The molecule has 5 heterocycles. The molecule has 0 radical (unpaired) electrons. The van der Waals surface area contributed by atoms with Crippen molar-refractivity contribution in [2.45, 2.75) is 39.0 Å². The van der Waals surface area contributed by atoms with Gasteiger partial charge in [-0.25, -0.2) is 4.68 Å². The van der Waals surface area contributed by atoms with Gasteiger partial charge in [-0.2, -0.15) is 10.2 Å². The first-order valence-corrected chi connectivity index (χ1v) is 12.3. The number of likely N-dealkylation sites (N-methyl/N-ethyl adjacent to an activating group) is 1. The van der Waals surface area contributed by atoms with Gasteiger partial charge in [0.2, 0.25) is 5.88 Å². The number of nitrogens with one attached hydrogen (secondary N) is 1. The second kappa shape index (κ2) is 8.98. The lowest BCUT2D eigenvalue weighted by molar-refractivity contribution is -0.0367. The minimum absolute atomic E-state index is 0.0398. The van der Waals surface area contributed by atoms with Crippen LogP contribution in [-0.4, -0.2) is 61.5 Å². The molecule has 2 aliphatic heterocycles. The highest BCUT2D eigenvalue weighted by Gasteiger charge is 2.22. The lowest BCUT2D eigenvalue weighted by Crippen LogP contribution is -2.25. The Morgan fingerprint density at radius 1 is 1.11 bits per heavy atom. The predicted molar refractivity (Wildman–Crippen MR) is 135 cm³/mol. The van der Waals surface area contributed by atoms with Crippen molar-refractivity contribution in [2.75, 3.05) is 26.8 Å². The Morgan fingerprint density at radius 2 is 2.03 bits per heavy atom. The summed E-state index contributed by atoms with van der Waals surface area (Å²) in [5.74, 6) is 0.614. The number of H-pyrrole nitrogens is 1. The van der Waals surface area contributed by atoms with Gasteiger partial charge in [0, 0.05) is 43.4 Å². The SMILES string of the molecule is Cc1[nH]nc2c1/C=C\c1nn(C3CCCCO3)c3ccc(cc13)-c1cnn(C)c1CN(C)CCO2. The molecular formula is C26H31N7O2. The quantitative estimate of drug-likeness (QED) is 0.447. The second-order valence-electron chi connectivity index (χ2n) is 9.50. The molecule has 9 heteroatoms. The molecule has 1 fully saturated rings. The van der Waals surface area contributed by atoms with Crippen LogP contribution in [0, 0.1) is 6.92 Å². The minimum atomic E-state index is -0.0398. The van der Waals surface area contributed by atoms with Gasteiger partial charge < -0.3 is 9.47 Å². The molecule has 2 bridgehead atoms. The monoisotopic (exact) mass is 473 g/mol. The van der Waals surface area contributed by atoms with E-state index in [-0.39, 0.29) is 6.23 Å². The third-order valence-corrected chi connectivity index (χ3v) is 7.03. The fourth-order valence-corrected chi connectivity index (χ4v) is 5.00. The maximum Gasteiger partial charge on any atom is 0.240 e. The maximum atomic E-state index is 6.10. The molecular weight excluding hydrogens is 442 g/mol. The Morgan fingerprint density at radius 3 is 2.89 bits per heavy atom. The van der Waals surface area contributed by atoms with Gasteiger partial charge in [-0.3, -0.25) is 14.7 Å². The highest BCUT2D eigenvalue weighted by molar-refractivity contribution is 5.93. The molecule has 182 valence electrons. The van der Waals surface area contributed by atoms with Crippen molar-refractivity contribution in [1.29, 1.82) is 0 Å². The van der Waals surface area contributed by atoms with Crippen LogP contribution in [0.5, 0.6) is 5.88 Å². The van der Waals surface area contributed by atoms with Crippen molar-refractivity contribution >= 4 is 23.1 Å². The fourth-order valence-electron chi connectivity index (χ4n) is 5.00. The number of ether oxygens (including phenoxy) is 2. The predicted octanol–water partition coefficient (Wildman–Crippen LogP) is 4.16. The molecule has 1 unspecified atom stereocenters. The van der Waals surface area contributed by atoms with Crippen molar-refractivity contribution in [3.8, 4) is 17.0 Å². The van der Waals surface area contributed by atoms with E-state index >= 15 is 0 Å². The molecule has 6 rings (SSSR count). The van der Waals surface area contributed by atoms with Crippen LogP contribution in [0.25, 0.3) is 34.2 Å². The van der Waals surface area contributed by atoms with Crippen molar-refractivity contribution in [3.63, 3.8) is 0 Å². The Bertz CT molecular complexity index is 1390.